The van der Waals surface area contributed by atoms with Gasteiger partial charge in [-0.3, -0.25) is 0 Å². The van der Waals surface area contributed by atoms with E-state index in [0.29, 0.717) is 0 Å². The first-order valence-corrected chi connectivity index (χ1v) is 9.81. The van der Waals surface area contributed by atoms with Gasteiger partial charge in [-0.1, -0.05) is 36.1 Å². The van der Waals surface area contributed by atoms with Crippen LogP contribution in [0.25, 0.3) is 11.1 Å². The van der Waals surface area contributed by atoms with E-state index < -0.39 is 16.1 Å². The van der Waals surface area contributed by atoms with Crippen molar-refractivity contribution in [1.29, 1.82) is 0 Å². The Morgan fingerprint density at radius 3 is 2.11 bits per heavy atom. The minimum atomic E-state index is -3.75. The predicted molar refractivity (Wildman–Crippen MR) is 104 cm³/mol. The summed E-state index contributed by atoms with van der Waals surface area (Å²) in [5.74, 6) is 6.27. The molecule has 0 heterocycles. The van der Waals surface area contributed by atoms with Crippen LogP contribution in [0.3, 0.4) is 0 Å². The Labute approximate surface area is 160 Å². The van der Waals surface area contributed by atoms with Gasteiger partial charge in [0.2, 0.25) is 10.0 Å². The maximum Gasteiger partial charge on any atom is 0.240 e. The van der Waals surface area contributed by atoms with Crippen LogP contribution in [0.1, 0.15) is 6.42 Å². The fourth-order valence-corrected chi connectivity index (χ4v) is 3.59. The number of aliphatic hydroxyl groups excluding tert-OH is 1. The van der Waals surface area contributed by atoms with Gasteiger partial charge in [0.1, 0.15) is 12.4 Å². The molecule has 0 aliphatic heterocycles. The summed E-state index contributed by atoms with van der Waals surface area (Å²) >= 11 is 0. The Hall–Kier alpha value is -2.37. The summed E-state index contributed by atoms with van der Waals surface area (Å²) in [7, 11) is -0.627. The van der Waals surface area contributed by atoms with Crippen molar-refractivity contribution in [3.8, 4) is 28.7 Å². The highest BCUT2D eigenvalue weighted by Gasteiger charge is 2.19. The normalized spacial score (nSPS) is 12.1. The fraction of sp³-hybridized carbons (Fsp3) is 0.300. The molecule has 6 nitrogen and oxygen atoms in total. The summed E-state index contributed by atoms with van der Waals surface area (Å²) < 4.78 is 37.4. The van der Waals surface area contributed by atoms with E-state index in [2.05, 4.69) is 16.6 Å². The molecule has 2 rings (SSSR count). The molecule has 0 aliphatic rings. The fourth-order valence-electron chi connectivity index (χ4n) is 2.36. The van der Waals surface area contributed by atoms with Crippen LogP contribution in [0.5, 0.6) is 5.75 Å². The number of nitrogens with one attached hydrogen (secondary N) is 1. The average molecular weight is 389 g/mol. The molecule has 0 saturated carbocycles. The molecular formula is C20H23NO5S. The summed E-state index contributed by atoms with van der Waals surface area (Å²) in [6, 6.07) is 13.4. The molecular weight excluding hydrogens is 366 g/mol. The molecule has 7 heteroatoms. The maximum absolute atomic E-state index is 12.5. The molecule has 0 aromatic heterocycles. The van der Waals surface area contributed by atoms with Gasteiger partial charge in [-0.25, -0.2) is 13.1 Å². The number of benzene rings is 2. The van der Waals surface area contributed by atoms with Crippen LogP contribution in [0, 0.1) is 11.8 Å². The molecule has 0 unspecified atom stereocenters. The lowest BCUT2D eigenvalue weighted by Crippen LogP contribution is -2.37. The van der Waals surface area contributed by atoms with E-state index in [9.17, 15) is 13.5 Å². The molecule has 0 aliphatic carbocycles. The lowest BCUT2D eigenvalue weighted by Gasteiger charge is -2.14. The molecule has 144 valence electrons. The zero-order valence-electron chi connectivity index (χ0n) is 15.3. The summed E-state index contributed by atoms with van der Waals surface area (Å²) in [5, 5.41) is 9.39. The van der Waals surface area contributed by atoms with Gasteiger partial charge in [-0.15, -0.1) is 0 Å². The number of aliphatic hydroxyl groups is 1. The van der Waals surface area contributed by atoms with Gasteiger partial charge in [0, 0.05) is 13.5 Å². The van der Waals surface area contributed by atoms with Gasteiger partial charge in [0.25, 0.3) is 0 Å². The van der Waals surface area contributed by atoms with Crippen LogP contribution in [0.4, 0.5) is 0 Å². The van der Waals surface area contributed by atoms with E-state index in [1.165, 1.54) is 19.2 Å². The van der Waals surface area contributed by atoms with Gasteiger partial charge < -0.3 is 14.6 Å². The van der Waals surface area contributed by atoms with Crippen LogP contribution >= 0.6 is 0 Å². The molecule has 27 heavy (non-hydrogen) atoms. The molecule has 0 saturated heterocycles. The lowest BCUT2D eigenvalue weighted by atomic mass is 10.1. The maximum atomic E-state index is 12.5. The first kappa shape index (κ1) is 20.9. The smallest absolute Gasteiger partial charge is 0.240 e. The number of sulfonamides is 1. The monoisotopic (exact) mass is 389 g/mol. The Kier molecular flexibility index (Phi) is 7.82. The summed E-state index contributed by atoms with van der Waals surface area (Å²) in [4.78, 5) is 0.128. The van der Waals surface area contributed by atoms with Gasteiger partial charge >= 0.3 is 0 Å². The molecule has 2 aromatic rings. The van der Waals surface area contributed by atoms with E-state index in [1.807, 2.05) is 24.3 Å². The molecule has 0 bridgehead atoms. The molecule has 0 spiro atoms. The zero-order valence-corrected chi connectivity index (χ0v) is 16.1. The topological polar surface area (TPSA) is 84.9 Å². The highest BCUT2D eigenvalue weighted by molar-refractivity contribution is 7.89. The minimum Gasteiger partial charge on any atom is -0.497 e. The highest BCUT2D eigenvalue weighted by atomic mass is 32.2. The van der Waals surface area contributed by atoms with Crippen molar-refractivity contribution >= 4 is 10.0 Å². The van der Waals surface area contributed by atoms with Crippen molar-refractivity contribution in [2.24, 2.45) is 0 Å². The van der Waals surface area contributed by atoms with E-state index in [0.717, 1.165) is 16.9 Å². The predicted octanol–water partition coefficient (Wildman–Crippen LogP) is 2.04. The van der Waals surface area contributed by atoms with Gasteiger partial charge in [0.05, 0.1) is 24.7 Å². The Balaban J connectivity index is 2.10. The third kappa shape index (κ3) is 6.08. The van der Waals surface area contributed by atoms with Gasteiger partial charge in [-0.05, 0) is 35.4 Å². The van der Waals surface area contributed by atoms with Crippen molar-refractivity contribution in [3.05, 3.63) is 48.5 Å². The van der Waals surface area contributed by atoms with E-state index in [-0.39, 0.29) is 24.5 Å². The van der Waals surface area contributed by atoms with E-state index in [1.54, 1.807) is 19.2 Å². The number of ether oxygens (including phenoxy) is 2. The van der Waals surface area contributed by atoms with Crippen LogP contribution in [-0.4, -0.2) is 47.0 Å². The van der Waals surface area contributed by atoms with Crippen molar-refractivity contribution in [2.45, 2.75) is 17.4 Å². The number of hydrogen-bond acceptors (Lipinski definition) is 5. The lowest BCUT2D eigenvalue weighted by molar-refractivity contribution is 0.239. The first-order valence-electron chi connectivity index (χ1n) is 8.32. The van der Waals surface area contributed by atoms with Crippen molar-refractivity contribution in [3.63, 3.8) is 0 Å². The second-order valence-corrected chi connectivity index (χ2v) is 7.46. The Bertz CT molecular complexity index is 881. The molecule has 0 fully saturated rings. The summed E-state index contributed by atoms with van der Waals surface area (Å²) in [6.07, 6.45) is 0.197. The average Bonchev–Trinajstić information content (AvgIpc) is 2.70. The standard InChI is InChI=1S/C20H23NO5S/c1-25-14-4-3-5-18(15-22)21-27(23,24)20-12-8-17(9-13-20)16-6-10-19(26-2)11-7-16/h6-13,18,21-22H,5,14-15H2,1-2H3/t18-/m1/s1. The number of rotatable bonds is 8. The third-order valence-electron chi connectivity index (χ3n) is 3.82. The molecule has 2 N–H and O–H groups in total. The molecule has 1 atom stereocenters. The Morgan fingerprint density at radius 1 is 1.00 bits per heavy atom. The molecule has 0 amide bonds. The van der Waals surface area contributed by atoms with Gasteiger partial charge in [0.15, 0.2) is 0 Å². The van der Waals surface area contributed by atoms with Crippen LogP contribution in [-0.2, 0) is 14.8 Å². The van der Waals surface area contributed by atoms with Crippen molar-refractivity contribution in [2.75, 3.05) is 27.4 Å². The van der Waals surface area contributed by atoms with Crippen molar-refractivity contribution < 1.29 is 23.0 Å². The molecule has 0 radical (unpaired) electrons. The van der Waals surface area contributed by atoms with Crippen molar-refractivity contribution in [1.82, 2.24) is 4.72 Å². The third-order valence-corrected chi connectivity index (χ3v) is 5.36. The van der Waals surface area contributed by atoms with Crippen LogP contribution < -0.4 is 9.46 Å². The van der Waals surface area contributed by atoms with E-state index >= 15 is 0 Å². The summed E-state index contributed by atoms with van der Waals surface area (Å²) in [6.45, 7) is -0.0808. The first-order chi connectivity index (χ1) is 13.0. The highest BCUT2D eigenvalue weighted by Crippen LogP contribution is 2.23. The Morgan fingerprint density at radius 2 is 1.59 bits per heavy atom. The van der Waals surface area contributed by atoms with Crippen LogP contribution in [0.15, 0.2) is 53.4 Å². The SMILES string of the molecule is COCC#CC[C@H](CO)NS(=O)(=O)c1ccc(-c2ccc(OC)cc2)cc1. The number of hydrogen-bond donors (Lipinski definition) is 2. The zero-order chi connectivity index (χ0) is 19.7. The quantitative estimate of drug-likeness (QED) is 0.675. The minimum absolute atomic E-state index is 0.128. The second kappa shape index (κ2) is 10.1. The number of methoxy groups -OCH3 is 2. The van der Waals surface area contributed by atoms with Crippen LogP contribution in [0.2, 0.25) is 0 Å². The largest absolute Gasteiger partial charge is 0.497 e. The van der Waals surface area contributed by atoms with Gasteiger partial charge in [-0.2, -0.15) is 0 Å². The van der Waals surface area contributed by atoms with E-state index in [4.69, 9.17) is 9.47 Å². The summed E-state index contributed by atoms with van der Waals surface area (Å²) in [5.41, 5.74) is 1.84. The second-order valence-electron chi connectivity index (χ2n) is 5.74. The molecule has 2 aromatic carbocycles.